The van der Waals surface area contributed by atoms with Gasteiger partial charge in [0.1, 0.15) is 15.8 Å². The molecule has 2 aromatic carbocycles. The number of nitrogens with zero attached hydrogens (tertiary/aromatic N) is 2. The van der Waals surface area contributed by atoms with Crippen molar-refractivity contribution in [2.24, 2.45) is 11.8 Å². The highest BCUT2D eigenvalue weighted by molar-refractivity contribution is 6.66. The maximum Gasteiger partial charge on any atom is 0.275 e. The zero-order valence-corrected chi connectivity index (χ0v) is 25.4. The van der Waals surface area contributed by atoms with Crippen LogP contribution in [0.4, 0.5) is 0 Å². The summed E-state index contributed by atoms with van der Waals surface area (Å²) in [5.41, 5.74) is 0.0917. The molecule has 0 aromatic heterocycles. The number of halogens is 8. The van der Waals surface area contributed by atoms with Crippen LogP contribution in [-0.2, 0) is 9.59 Å². The molecular formula is C25H14Cl8N2O4. The van der Waals surface area contributed by atoms with Crippen LogP contribution < -0.4 is 0 Å². The van der Waals surface area contributed by atoms with E-state index < -0.39 is 55.5 Å². The summed E-state index contributed by atoms with van der Waals surface area (Å²) in [5, 5.41) is 1.09. The molecule has 2 aliphatic carbocycles. The first kappa shape index (κ1) is 29.3. The van der Waals surface area contributed by atoms with Crippen molar-refractivity contribution in [3.8, 4) is 0 Å². The topological polar surface area (TPSA) is 74.8 Å². The van der Waals surface area contributed by atoms with Crippen LogP contribution in [-0.4, -0.2) is 53.6 Å². The van der Waals surface area contributed by atoms with Gasteiger partial charge in [-0.15, -0.1) is 23.2 Å². The van der Waals surface area contributed by atoms with E-state index in [1.54, 1.807) is 6.07 Å². The lowest BCUT2D eigenvalue weighted by Crippen LogP contribution is -2.59. The molecule has 1 heterocycles. The molecule has 14 heteroatoms. The molecule has 6 nitrogen and oxygen atoms in total. The molecule has 204 valence electrons. The molecule has 2 aromatic rings. The number of hydrogen-bond acceptors (Lipinski definition) is 4. The third kappa shape index (κ3) is 3.69. The fourth-order valence-corrected chi connectivity index (χ4v) is 8.63. The number of ketones is 1. The molecule has 3 amide bonds. The van der Waals surface area contributed by atoms with Crippen LogP contribution in [0.3, 0.4) is 0 Å². The molecular weight excluding hydrogens is 676 g/mol. The Bertz CT molecular complexity index is 1450. The predicted molar refractivity (Wildman–Crippen MR) is 152 cm³/mol. The number of benzene rings is 2. The molecule has 0 radical (unpaired) electrons. The molecule has 2 fully saturated rings. The van der Waals surface area contributed by atoms with Gasteiger partial charge in [0.25, 0.3) is 17.7 Å². The molecule has 2 bridgehead atoms. The van der Waals surface area contributed by atoms with Crippen molar-refractivity contribution < 1.29 is 19.2 Å². The molecule has 0 N–H and O–H groups in total. The van der Waals surface area contributed by atoms with Crippen LogP contribution in [0.25, 0.3) is 0 Å². The molecule has 1 aliphatic heterocycles. The van der Waals surface area contributed by atoms with Crippen molar-refractivity contribution in [1.82, 2.24) is 10.0 Å². The van der Waals surface area contributed by atoms with Crippen LogP contribution in [0.1, 0.15) is 27.6 Å². The Morgan fingerprint density at radius 3 is 1.79 bits per heavy atom. The van der Waals surface area contributed by atoms with Crippen molar-refractivity contribution in [2.45, 2.75) is 27.0 Å². The van der Waals surface area contributed by atoms with Gasteiger partial charge in [-0.05, 0) is 43.3 Å². The van der Waals surface area contributed by atoms with Crippen molar-refractivity contribution in [3.63, 3.8) is 0 Å². The zero-order chi connectivity index (χ0) is 28.8. The Morgan fingerprint density at radius 1 is 0.821 bits per heavy atom. The number of fused-ring (bicyclic) bond motifs is 5. The first-order valence-corrected chi connectivity index (χ1v) is 14.2. The molecule has 5 atom stereocenters. The predicted octanol–water partition coefficient (Wildman–Crippen LogP) is 7.07. The fourth-order valence-electron chi connectivity index (χ4n) is 5.36. The normalized spacial score (nSPS) is 29.6. The standard InChI is InChI=1S/C25H14Cl8N2O4/c1-10(17(36)11-6-8-12(26)9-7-11)34(20(37)13-4-2-3-5-14(13)27)35-21(38)15-16(22(35)39)24(31)19(29)18(28)23(15,30)25(24,32)33/h2-10,15-16H,1H3/t10-,15-,16+,23-,24-/m1/s1. The molecule has 0 unspecified atom stereocenters. The number of Topliss-reactive ketones (excluding diaryl/α,β-unsaturated/α-hetero) is 1. The minimum Gasteiger partial charge on any atom is -0.292 e. The average Bonchev–Trinajstić information content (AvgIpc) is 3.28. The van der Waals surface area contributed by atoms with Gasteiger partial charge < -0.3 is 0 Å². The minimum atomic E-state index is -2.16. The first-order chi connectivity index (χ1) is 18.1. The second kappa shape index (κ2) is 9.67. The highest BCUT2D eigenvalue weighted by Gasteiger charge is 2.88. The van der Waals surface area contributed by atoms with E-state index >= 15 is 0 Å². The van der Waals surface area contributed by atoms with E-state index in [2.05, 4.69) is 0 Å². The number of alkyl halides is 4. The van der Waals surface area contributed by atoms with Gasteiger partial charge in [0.05, 0.1) is 32.5 Å². The van der Waals surface area contributed by atoms with E-state index in [4.69, 9.17) is 92.8 Å². The summed E-state index contributed by atoms with van der Waals surface area (Å²) in [6.07, 6.45) is 0. The largest absolute Gasteiger partial charge is 0.292 e. The Hall–Kier alpha value is -1.22. The van der Waals surface area contributed by atoms with E-state index in [0.717, 1.165) is 5.01 Å². The van der Waals surface area contributed by atoms with Gasteiger partial charge in [-0.2, -0.15) is 5.01 Å². The van der Waals surface area contributed by atoms with E-state index in [-0.39, 0.29) is 26.2 Å². The average molecular weight is 690 g/mol. The van der Waals surface area contributed by atoms with Crippen LogP contribution in [0.5, 0.6) is 0 Å². The second-order valence-electron chi connectivity index (χ2n) is 9.25. The lowest BCUT2D eigenvalue weighted by Gasteiger charge is -2.38. The molecule has 3 aliphatic rings. The monoisotopic (exact) mass is 686 g/mol. The van der Waals surface area contributed by atoms with Gasteiger partial charge in [-0.1, -0.05) is 81.7 Å². The van der Waals surface area contributed by atoms with E-state index in [0.29, 0.717) is 10.0 Å². The Kier molecular flexibility index (Phi) is 7.26. The summed E-state index contributed by atoms with van der Waals surface area (Å²) in [6.45, 7) is 1.35. The van der Waals surface area contributed by atoms with E-state index in [9.17, 15) is 19.2 Å². The quantitative estimate of drug-likeness (QED) is 0.191. The van der Waals surface area contributed by atoms with Crippen LogP contribution >= 0.6 is 92.8 Å². The van der Waals surface area contributed by atoms with E-state index in [1.807, 2.05) is 0 Å². The smallest absolute Gasteiger partial charge is 0.275 e. The number of hydrogen-bond donors (Lipinski definition) is 0. The maximum absolute atomic E-state index is 14.0. The van der Waals surface area contributed by atoms with Gasteiger partial charge in [0.2, 0.25) is 0 Å². The Labute approximate surface area is 262 Å². The molecule has 5 rings (SSSR count). The van der Waals surface area contributed by atoms with Gasteiger partial charge >= 0.3 is 0 Å². The van der Waals surface area contributed by atoms with Crippen molar-refractivity contribution in [1.29, 1.82) is 0 Å². The van der Waals surface area contributed by atoms with E-state index in [1.165, 1.54) is 49.4 Å². The number of amides is 3. The van der Waals surface area contributed by atoms with Crippen molar-refractivity contribution in [3.05, 3.63) is 79.8 Å². The third-order valence-electron chi connectivity index (χ3n) is 7.29. The summed E-state index contributed by atoms with van der Waals surface area (Å²) >= 11 is 51.7. The fraction of sp³-hybridized carbons (Fsp3) is 0.280. The molecule has 1 saturated carbocycles. The number of carbonyl (C=O) groups is 4. The Morgan fingerprint density at radius 2 is 1.31 bits per heavy atom. The summed E-state index contributed by atoms with van der Waals surface area (Å²) in [6, 6.07) is 10.4. The van der Waals surface area contributed by atoms with Crippen LogP contribution in [0.15, 0.2) is 58.6 Å². The lowest BCUT2D eigenvalue weighted by molar-refractivity contribution is -0.157. The number of rotatable bonds is 5. The Balaban J connectivity index is 1.65. The zero-order valence-electron chi connectivity index (χ0n) is 19.4. The van der Waals surface area contributed by atoms with Gasteiger partial charge in [-0.3, -0.25) is 19.2 Å². The summed E-state index contributed by atoms with van der Waals surface area (Å²) < 4.78 is -2.16. The third-order valence-corrected chi connectivity index (χ3v) is 12.1. The second-order valence-corrected chi connectivity index (χ2v) is 13.4. The summed E-state index contributed by atoms with van der Waals surface area (Å²) in [4.78, 5) is 51.3. The molecule has 39 heavy (non-hydrogen) atoms. The lowest BCUT2D eigenvalue weighted by atomic mass is 9.84. The van der Waals surface area contributed by atoms with Gasteiger partial charge in [0, 0.05) is 10.6 Å². The number of carbonyl (C=O) groups excluding carboxylic acids is 4. The number of allylic oxidation sites excluding steroid dienone is 2. The van der Waals surface area contributed by atoms with Gasteiger partial charge in [-0.25, -0.2) is 5.01 Å². The summed E-state index contributed by atoms with van der Waals surface area (Å²) in [5.74, 6) is -6.52. The highest BCUT2D eigenvalue weighted by atomic mass is 35.5. The van der Waals surface area contributed by atoms with Crippen LogP contribution in [0, 0.1) is 11.8 Å². The molecule has 1 saturated heterocycles. The van der Waals surface area contributed by atoms with Crippen molar-refractivity contribution in [2.75, 3.05) is 0 Å². The minimum absolute atomic E-state index is 0.0221. The van der Waals surface area contributed by atoms with Gasteiger partial charge in [0.15, 0.2) is 10.1 Å². The first-order valence-electron chi connectivity index (χ1n) is 11.2. The SMILES string of the molecule is C[C@H](C(=O)c1ccc(Cl)cc1)N(C(=O)c1ccccc1Cl)N1C(=O)[C@@H]2[C@H](C1=O)[C@@]1(Cl)C(Cl)=C(Cl)[C@@]2(Cl)C1(Cl)Cl. The van der Waals surface area contributed by atoms with Crippen molar-refractivity contribution >= 4 is 116 Å². The molecule has 0 spiro atoms. The highest BCUT2D eigenvalue weighted by Crippen LogP contribution is 2.77. The maximum atomic E-state index is 14.0. The number of hydrazine groups is 1. The number of imide groups is 1. The van der Waals surface area contributed by atoms with Crippen LogP contribution in [0.2, 0.25) is 10.0 Å². The summed E-state index contributed by atoms with van der Waals surface area (Å²) in [7, 11) is 0.